The molecule has 4 nitrogen and oxygen atoms in total. The topological polar surface area (TPSA) is 54.5 Å². The molecular formula is C14H15NO3S2. The number of fused-ring (bicyclic) bond motifs is 1. The lowest BCUT2D eigenvalue weighted by atomic mass is 10.2. The summed E-state index contributed by atoms with van der Waals surface area (Å²) in [6, 6.07) is 9.52. The zero-order valence-corrected chi connectivity index (χ0v) is 12.7. The van der Waals surface area contributed by atoms with E-state index in [2.05, 4.69) is 0 Å². The van der Waals surface area contributed by atoms with Crippen LogP contribution in [0.5, 0.6) is 0 Å². The molecular weight excluding hydrogens is 294 g/mol. The first-order chi connectivity index (χ1) is 9.46. The van der Waals surface area contributed by atoms with Gasteiger partial charge in [-0.2, -0.15) is 0 Å². The minimum Gasteiger partial charge on any atom is -0.337 e. The van der Waals surface area contributed by atoms with Gasteiger partial charge in [-0.25, -0.2) is 8.42 Å². The van der Waals surface area contributed by atoms with Gasteiger partial charge in [0.2, 0.25) is 0 Å². The predicted molar refractivity (Wildman–Crippen MR) is 81.0 cm³/mol. The lowest BCUT2D eigenvalue weighted by Crippen LogP contribution is -2.37. The molecule has 106 valence electrons. The van der Waals surface area contributed by atoms with E-state index in [1.165, 1.54) is 11.3 Å². The van der Waals surface area contributed by atoms with Crippen molar-refractivity contribution in [3.8, 4) is 0 Å². The molecule has 0 bridgehead atoms. The Morgan fingerprint density at radius 2 is 2.10 bits per heavy atom. The maximum absolute atomic E-state index is 12.5. The Morgan fingerprint density at radius 1 is 1.35 bits per heavy atom. The van der Waals surface area contributed by atoms with Crippen LogP contribution < -0.4 is 0 Å². The lowest BCUT2D eigenvalue weighted by molar-refractivity contribution is 0.0752. The third-order valence-corrected chi connectivity index (χ3v) is 6.57. The molecule has 0 saturated carbocycles. The number of sulfone groups is 1. The van der Waals surface area contributed by atoms with Crippen LogP contribution in [-0.4, -0.2) is 43.8 Å². The molecule has 1 aromatic carbocycles. The second-order valence-electron chi connectivity index (χ2n) is 5.12. The van der Waals surface area contributed by atoms with E-state index in [1.807, 2.05) is 30.3 Å². The summed E-state index contributed by atoms with van der Waals surface area (Å²) in [4.78, 5) is 14.7. The molecule has 1 aliphatic heterocycles. The number of amides is 1. The standard InChI is InChI=1S/C14H15NO3S2/c1-15(11-6-7-20(17,18)9-11)14(16)13-8-10-4-2-3-5-12(10)19-13/h2-5,8,11H,6-7,9H2,1H3. The van der Waals surface area contributed by atoms with Crippen LogP contribution >= 0.6 is 11.3 Å². The zero-order chi connectivity index (χ0) is 14.3. The van der Waals surface area contributed by atoms with Gasteiger partial charge in [-0.1, -0.05) is 18.2 Å². The van der Waals surface area contributed by atoms with Crippen molar-refractivity contribution >= 4 is 37.2 Å². The van der Waals surface area contributed by atoms with E-state index < -0.39 is 9.84 Å². The maximum Gasteiger partial charge on any atom is 0.263 e. The average molecular weight is 309 g/mol. The number of carbonyl (C=O) groups excluding carboxylic acids is 1. The van der Waals surface area contributed by atoms with Crippen LogP contribution in [0.15, 0.2) is 30.3 Å². The molecule has 0 radical (unpaired) electrons. The first kappa shape index (κ1) is 13.6. The first-order valence-electron chi connectivity index (χ1n) is 6.42. The van der Waals surface area contributed by atoms with Gasteiger partial charge in [0.15, 0.2) is 9.84 Å². The second-order valence-corrected chi connectivity index (χ2v) is 8.43. The highest BCUT2D eigenvalue weighted by Crippen LogP contribution is 2.27. The fourth-order valence-corrected chi connectivity index (χ4v) is 5.33. The summed E-state index contributed by atoms with van der Waals surface area (Å²) in [5, 5.41) is 1.05. The van der Waals surface area contributed by atoms with Crippen LogP contribution in [0.4, 0.5) is 0 Å². The molecule has 1 atom stereocenters. The average Bonchev–Trinajstić information content (AvgIpc) is 3.00. The van der Waals surface area contributed by atoms with Crippen LogP contribution in [0.2, 0.25) is 0 Å². The van der Waals surface area contributed by atoms with Crippen molar-refractivity contribution in [2.75, 3.05) is 18.6 Å². The van der Waals surface area contributed by atoms with Crippen LogP contribution in [0, 0.1) is 0 Å². The summed E-state index contributed by atoms with van der Waals surface area (Å²) in [6.45, 7) is 0. The summed E-state index contributed by atoms with van der Waals surface area (Å²) in [6.07, 6.45) is 0.537. The number of hydrogen-bond acceptors (Lipinski definition) is 4. The van der Waals surface area contributed by atoms with Gasteiger partial charge < -0.3 is 4.90 Å². The van der Waals surface area contributed by atoms with E-state index in [1.54, 1.807) is 11.9 Å². The normalized spacial score (nSPS) is 21.1. The van der Waals surface area contributed by atoms with Gasteiger partial charge in [0.25, 0.3) is 5.91 Å². The van der Waals surface area contributed by atoms with Gasteiger partial charge in [0.1, 0.15) is 0 Å². The molecule has 0 aliphatic carbocycles. The molecule has 1 unspecified atom stereocenters. The van der Waals surface area contributed by atoms with Crippen molar-refractivity contribution in [3.63, 3.8) is 0 Å². The quantitative estimate of drug-likeness (QED) is 0.854. The number of hydrogen-bond donors (Lipinski definition) is 0. The largest absolute Gasteiger partial charge is 0.337 e. The predicted octanol–water partition coefficient (Wildman–Crippen LogP) is 2.16. The van der Waals surface area contributed by atoms with E-state index in [4.69, 9.17) is 0 Å². The van der Waals surface area contributed by atoms with Gasteiger partial charge in [-0.05, 0) is 23.9 Å². The SMILES string of the molecule is CN(C(=O)c1cc2ccccc2s1)C1CCS(=O)(=O)C1. The Bertz CT molecular complexity index is 731. The third-order valence-electron chi connectivity index (χ3n) is 3.71. The van der Waals surface area contributed by atoms with Crippen molar-refractivity contribution in [1.82, 2.24) is 4.90 Å². The molecule has 6 heteroatoms. The molecule has 1 amide bonds. The molecule has 20 heavy (non-hydrogen) atoms. The maximum atomic E-state index is 12.5. The summed E-state index contributed by atoms with van der Waals surface area (Å²) in [5.74, 6) is 0.176. The van der Waals surface area contributed by atoms with E-state index in [0.29, 0.717) is 11.3 Å². The van der Waals surface area contributed by atoms with E-state index >= 15 is 0 Å². The van der Waals surface area contributed by atoms with E-state index in [-0.39, 0.29) is 23.5 Å². The van der Waals surface area contributed by atoms with Crippen molar-refractivity contribution in [1.29, 1.82) is 0 Å². The minimum atomic E-state index is -2.97. The summed E-state index contributed by atoms with van der Waals surface area (Å²) >= 11 is 1.45. The van der Waals surface area contributed by atoms with Gasteiger partial charge >= 0.3 is 0 Å². The van der Waals surface area contributed by atoms with E-state index in [9.17, 15) is 13.2 Å². The molecule has 0 spiro atoms. The summed E-state index contributed by atoms with van der Waals surface area (Å²) in [5.41, 5.74) is 0. The van der Waals surface area contributed by atoms with Crippen LogP contribution in [0.3, 0.4) is 0 Å². The Morgan fingerprint density at radius 3 is 2.75 bits per heavy atom. The summed E-state index contributed by atoms with van der Waals surface area (Å²) in [7, 11) is -1.28. The van der Waals surface area contributed by atoms with Gasteiger partial charge in [-0.15, -0.1) is 11.3 Å². The van der Waals surface area contributed by atoms with Gasteiger partial charge in [-0.3, -0.25) is 4.79 Å². The smallest absolute Gasteiger partial charge is 0.263 e. The Labute approximate surface area is 121 Å². The summed E-state index contributed by atoms with van der Waals surface area (Å²) < 4.78 is 24.1. The van der Waals surface area contributed by atoms with Crippen LogP contribution in [0.1, 0.15) is 16.1 Å². The molecule has 2 heterocycles. The van der Waals surface area contributed by atoms with Crippen molar-refractivity contribution in [2.24, 2.45) is 0 Å². The first-order valence-corrected chi connectivity index (χ1v) is 9.06. The molecule has 1 aliphatic rings. The van der Waals surface area contributed by atoms with E-state index in [0.717, 1.165) is 10.1 Å². The highest BCUT2D eigenvalue weighted by Gasteiger charge is 2.33. The van der Waals surface area contributed by atoms with Crippen LogP contribution in [-0.2, 0) is 9.84 Å². The lowest BCUT2D eigenvalue weighted by Gasteiger charge is -2.22. The van der Waals surface area contributed by atoms with Crippen molar-refractivity contribution in [3.05, 3.63) is 35.2 Å². The molecule has 0 N–H and O–H groups in total. The van der Waals surface area contributed by atoms with Crippen LogP contribution in [0.25, 0.3) is 10.1 Å². The Kier molecular flexibility index (Phi) is 3.30. The molecule has 1 saturated heterocycles. The number of benzene rings is 1. The van der Waals surface area contributed by atoms with Crippen molar-refractivity contribution in [2.45, 2.75) is 12.5 Å². The molecule has 1 fully saturated rings. The third kappa shape index (κ3) is 2.45. The number of thiophene rings is 1. The number of rotatable bonds is 2. The fraction of sp³-hybridized carbons (Fsp3) is 0.357. The monoisotopic (exact) mass is 309 g/mol. The highest BCUT2D eigenvalue weighted by atomic mass is 32.2. The Balaban J connectivity index is 1.85. The Hall–Kier alpha value is -1.40. The van der Waals surface area contributed by atoms with Gasteiger partial charge in [0.05, 0.1) is 16.4 Å². The second kappa shape index (κ2) is 4.86. The fourth-order valence-electron chi connectivity index (χ4n) is 2.51. The van der Waals surface area contributed by atoms with Gasteiger partial charge in [0, 0.05) is 17.8 Å². The zero-order valence-electron chi connectivity index (χ0n) is 11.1. The van der Waals surface area contributed by atoms with Crippen molar-refractivity contribution < 1.29 is 13.2 Å². The number of nitrogens with zero attached hydrogens (tertiary/aromatic N) is 1. The molecule has 1 aromatic heterocycles. The minimum absolute atomic E-state index is 0.0835. The number of carbonyl (C=O) groups is 1. The highest BCUT2D eigenvalue weighted by molar-refractivity contribution is 7.91. The molecule has 2 aromatic rings. The molecule has 3 rings (SSSR count).